The van der Waals surface area contributed by atoms with Crippen molar-refractivity contribution in [3.05, 3.63) is 107 Å². The van der Waals surface area contributed by atoms with Crippen molar-refractivity contribution in [3.8, 4) is 0 Å². The van der Waals surface area contributed by atoms with E-state index in [1.54, 1.807) is 0 Å². The van der Waals surface area contributed by atoms with Crippen LogP contribution in [0.25, 0.3) is 0 Å². The van der Waals surface area contributed by atoms with Gasteiger partial charge in [-0.2, -0.15) is 0 Å². The smallest absolute Gasteiger partial charge is 0.320 e. The molecular weight excluding hydrogens is 705 g/mol. The molecular formula is C40H55F2N3O5S2. The van der Waals surface area contributed by atoms with Crippen LogP contribution in [-0.2, 0) is 50.0 Å². The van der Waals surface area contributed by atoms with E-state index in [1.807, 2.05) is 62.4 Å². The molecule has 52 heavy (non-hydrogen) atoms. The number of aryl methyl sites for hydroxylation is 2. The number of nitrogens with one attached hydrogen (secondary N) is 2. The lowest BCUT2D eigenvalue weighted by Crippen LogP contribution is -2.47. The van der Waals surface area contributed by atoms with Crippen LogP contribution in [0.3, 0.4) is 0 Å². The molecule has 0 saturated heterocycles. The second-order valence-corrected chi connectivity index (χ2v) is 16.8. The summed E-state index contributed by atoms with van der Waals surface area (Å²) < 4.78 is 61.5. The predicted molar refractivity (Wildman–Crippen MR) is 207 cm³/mol. The monoisotopic (exact) mass is 759 g/mol. The van der Waals surface area contributed by atoms with E-state index in [0.29, 0.717) is 50.6 Å². The first-order valence-corrected chi connectivity index (χ1v) is 21.0. The number of hydrogen-bond acceptors (Lipinski definition) is 8. The zero-order valence-electron chi connectivity index (χ0n) is 30.6. The fourth-order valence-corrected chi connectivity index (χ4v) is 9.69. The van der Waals surface area contributed by atoms with E-state index in [-0.39, 0.29) is 31.2 Å². The Morgan fingerprint density at radius 1 is 0.865 bits per heavy atom. The molecule has 0 spiro atoms. The van der Waals surface area contributed by atoms with E-state index in [4.69, 9.17) is 10.5 Å². The topological polar surface area (TPSA) is 128 Å². The van der Waals surface area contributed by atoms with Crippen LogP contribution in [0.4, 0.5) is 8.78 Å². The molecule has 3 rings (SSSR count). The minimum Gasteiger partial charge on any atom is -0.458 e. The molecule has 3 atom stereocenters. The van der Waals surface area contributed by atoms with Gasteiger partial charge in [0.15, 0.2) is 9.84 Å². The Morgan fingerprint density at radius 2 is 1.52 bits per heavy atom. The molecule has 0 fully saturated rings. The number of benzene rings is 3. The summed E-state index contributed by atoms with van der Waals surface area (Å²) in [4.78, 5) is 26.5. The Labute approximate surface area is 313 Å². The molecule has 0 radical (unpaired) electrons. The number of nitrogens with two attached hydrogens (primary N) is 1. The van der Waals surface area contributed by atoms with Crippen LogP contribution >= 0.6 is 11.8 Å². The third kappa shape index (κ3) is 15.3. The van der Waals surface area contributed by atoms with Crippen molar-refractivity contribution in [1.82, 2.24) is 10.6 Å². The van der Waals surface area contributed by atoms with Gasteiger partial charge in [0.25, 0.3) is 0 Å². The summed E-state index contributed by atoms with van der Waals surface area (Å²) in [6, 6.07) is 20.0. The van der Waals surface area contributed by atoms with Crippen LogP contribution in [-0.4, -0.2) is 67.5 Å². The molecule has 0 aromatic heterocycles. The van der Waals surface area contributed by atoms with E-state index in [9.17, 15) is 26.8 Å². The number of carbonyl (C=O) groups is 2. The number of amides is 1. The summed E-state index contributed by atoms with van der Waals surface area (Å²) in [5.41, 5.74) is 10.1. The summed E-state index contributed by atoms with van der Waals surface area (Å²) in [6.07, 6.45) is 3.18. The maximum absolute atomic E-state index is 14.0. The molecule has 12 heteroatoms. The van der Waals surface area contributed by atoms with Gasteiger partial charge in [0.2, 0.25) is 5.91 Å². The maximum atomic E-state index is 14.0. The molecule has 1 amide bonds. The largest absolute Gasteiger partial charge is 0.458 e. The van der Waals surface area contributed by atoms with Gasteiger partial charge in [0.1, 0.15) is 23.0 Å². The Morgan fingerprint density at radius 3 is 2.17 bits per heavy atom. The van der Waals surface area contributed by atoms with Crippen molar-refractivity contribution < 1.29 is 31.5 Å². The maximum Gasteiger partial charge on any atom is 0.320 e. The summed E-state index contributed by atoms with van der Waals surface area (Å²) in [6.45, 7) is 6.74. The van der Waals surface area contributed by atoms with Gasteiger partial charge in [0.05, 0.1) is 11.0 Å². The number of rotatable bonds is 24. The van der Waals surface area contributed by atoms with E-state index in [0.717, 1.165) is 35.4 Å². The summed E-state index contributed by atoms with van der Waals surface area (Å²) in [5, 5.41) is 4.50. The van der Waals surface area contributed by atoms with Crippen molar-refractivity contribution in [2.24, 2.45) is 5.73 Å². The number of carbonyl (C=O) groups excluding carboxylic acids is 2. The van der Waals surface area contributed by atoms with Gasteiger partial charge in [-0.05, 0) is 66.5 Å². The molecule has 0 aliphatic rings. The van der Waals surface area contributed by atoms with E-state index in [2.05, 4.69) is 23.6 Å². The van der Waals surface area contributed by atoms with Gasteiger partial charge < -0.3 is 21.1 Å². The molecule has 0 saturated carbocycles. The summed E-state index contributed by atoms with van der Waals surface area (Å²) >= 11 is 1.12. The first-order chi connectivity index (χ1) is 24.9. The van der Waals surface area contributed by atoms with Gasteiger partial charge in [-0.1, -0.05) is 88.2 Å². The van der Waals surface area contributed by atoms with E-state index < -0.39 is 55.8 Å². The van der Waals surface area contributed by atoms with Crippen LogP contribution in [0.15, 0.2) is 72.8 Å². The molecule has 286 valence electrons. The number of esters is 1. The molecule has 4 N–H and O–H groups in total. The number of ether oxygens (including phenoxy) is 1. The molecule has 0 aliphatic heterocycles. The number of thioether (sulfide) groups is 1. The quantitative estimate of drug-likeness (QED) is 0.0715. The average molecular weight is 760 g/mol. The minimum absolute atomic E-state index is 0.0137. The lowest BCUT2D eigenvalue weighted by atomic mass is 10.0. The SMILES string of the molecule is CCCC(CCC)S(=O)(=O)CC(SCCNC(=O)CCc1ccccc1)C(=O)O[C@H](CNCc1cccc(CC)c1)[C@@H](N)Cc1cc(F)cc(F)c1. The second-order valence-electron chi connectivity index (χ2n) is 13.1. The first kappa shape index (κ1) is 43.1. The van der Waals surface area contributed by atoms with Crippen LogP contribution in [0.1, 0.15) is 75.1 Å². The summed E-state index contributed by atoms with van der Waals surface area (Å²) in [7, 11) is -3.70. The Balaban J connectivity index is 1.76. The highest BCUT2D eigenvalue weighted by molar-refractivity contribution is 8.02. The minimum atomic E-state index is -3.70. The number of halogens is 2. The van der Waals surface area contributed by atoms with Crippen molar-refractivity contribution in [2.45, 2.75) is 101 Å². The van der Waals surface area contributed by atoms with E-state index >= 15 is 0 Å². The predicted octanol–water partition coefficient (Wildman–Crippen LogP) is 6.33. The average Bonchev–Trinajstić information content (AvgIpc) is 3.11. The summed E-state index contributed by atoms with van der Waals surface area (Å²) in [5.74, 6) is -2.50. The van der Waals surface area contributed by atoms with Gasteiger partial charge >= 0.3 is 5.97 Å². The van der Waals surface area contributed by atoms with Crippen LogP contribution in [0, 0.1) is 11.6 Å². The van der Waals surface area contributed by atoms with Gasteiger partial charge in [-0.3, -0.25) is 9.59 Å². The van der Waals surface area contributed by atoms with Gasteiger partial charge in [-0.25, -0.2) is 17.2 Å². The lowest BCUT2D eigenvalue weighted by molar-refractivity contribution is -0.148. The third-order valence-electron chi connectivity index (χ3n) is 8.82. The molecule has 8 nitrogen and oxygen atoms in total. The van der Waals surface area contributed by atoms with Gasteiger partial charge in [0, 0.05) is 43.9 Å². The third-order valence-corrected chi connectivity index (χ3v) is 12.5. The highest BCUT2D eigenvalue weighted by Crippen LogP contribution is 2.23. The number of hydrogen-bond donors (Lipinski definition) is 3. The second kappa shape index (κ2) is 22.7. The molecule has 3 aromatic carbocycles. The zero-order valence-corrected chi connectivity index (χ0v) is 32.3. The highest BCUT2D eigenvalue weighted by atomic mass is 32.2. The normalized spacial score (nSPS) is 13.4. The van der Waals surface area contributed by atoms with Crippen molar-refractivity contribution >= 4 is 33.5 Å². The fraction of sp³-hybridized carbons (Fsp3) is 0.500. The Bertz CT molecular complexity index is 1620. The molecule has 0 heterocycles. The zero-order chi connectivity index (χ0) is 37.9. The van der Waals surface area contributed by atoms with Crippen molar-refractivity contribution in [3.63, 3.8) is 0 Å². The molecule has 1 unspecified atom stereocenters. The fourth-order valence-electron chi connectivity index (χ4n) is 6.02. The Hall–Kier alpha value is -3.32. The first-order valence-electron chi connectivity index (χ1n) is 18.3. The Kier molecular flexibility index (Phi) is 18.8. The van der Waals surface area contributed by atoms with Crippen LogP contribution in [0.2, 0.25) is 0 Å². The standard InChI is InChI=1S/C40H55F2N3O5S2/c1-4-11-35(12-5-2)52(48,49)28-38(51-20-19-45-39(46)18-17-30-13-8-7-9-14-30)40(47)50-37(27-44-26-31-16-10-15-29(6-3)21-31)36(43)24-32-22-33(41)25-34(42)23-32/h7-10,13-16,21-23,25,35-38,44H,4-6,11-12,17-20,24,26-28,43H2,1-3H3,(H,45,46)/t36-,37+,38?/m0/s1. The van der Waals surface area contributed by atoms with Crippen LogP contribution in [0.5, 0.6) is 0 Å². The molecule has 3 aromatic rings. The van der Waals surface area contributed by atoms with Crippen molar-refractivity contribution in [2.75, 3.05) is 24.6 Å². The van der Waals surface area contributed by atoms with Crippen molar-refractivity contribution in [1.29, 1.82) is 0 Å². The highest BCUT2D eigenvalue weighted by Gasteiger charge is 2.34. The van der Waals surface area contributed by atoms with Crippen LogP contribution < -0.4 is 16.4 Å². The molecule has 0 aliphatic carbocycles. The van der Waals surface area contributed by atoms with E-state index in [1.165, 1.54) is 17.7 Å². The number of sulfone groups is 1. The van der Waals surface area contributed by atoms with Gasteiger partial charge in [-0.15, -0.1) is 11.8 Å². The molecule has 0 bridgehead atoms. The lowest BCUT2D eigenvalue weighted by Gasteiger charge is -2.27.